The van der Waals surface area contributed by atoms with Crippen molar-refractivity contribution in [3.63, 3.8) is 0 Å². The van der Waals surface area contributed by atoms with Gasteiger partial charge in [-0.05, 0) is 24.3 Å². The molecule has 2 aromatic rings. The minimum atomic E-state index is -1.18. The monoisotopic (exact) mass is 291 g/mol. The van der Waals surface area contributed by atoms with Crippen LogP contribution in [0.3, 0.4) is 0 Å². The van der Waals surface area contributed by atoms with Crippen molar-refractivity contribution in [3.05, 3.63) is 52.4 Å². The average Bonchev–Trinajstić information content (AvgIpc) is 2.42. The second-order valence-corrected chi connectivity index (χ2v) is 4.19. The van der Waals surface area contributed by atoms with Crippen molar-refractivity contribution >= 4 is 29.1 Å². The average molecular weight is 292 g/mol. The summed E-state index contributed by atoms with van der Waals surface area (Å²) < 4.78 is 13.2. The Kier molecular flexibility index (Phi) is 3.82. The number of anilines is 2. The summed E-state index contributed by atoms with van der Waals surface area (Å²) in [6.07, 6.45) is 1.20. The summed E-state index contributed by atoms with van der Waals surface area (Å²) in [6, 6.07) is 6.80. The second kappa shape index (κ2) is 5.55. The second-order valence-electron chi connectivity index (χ2n) is 3.79. The van der Waals surface area contributed by atoms with E-state index in [-0.39, 0.29) is 22.0 Å². The van der Waals surface area contributed by atoms with E-state index in [0.29, 0.717) is 5.69 Å². The van der Waals surface area contributed by atoms with Crippen LogP contribution < -0.4 is 5.32 Å². The van der Waals surface area contributed by atoms with E-state index in [4.69, 9.17) is 22.0 Å². The number of nitriles is 1. The number of pyridine rings is 1. The molecule has 0 radical (unpaired) electrons. The van der Waals surface area contributed by atoms with Gasteiger partial charge in [-0.15, -0.1) is 0 Å². The third-order valence-electron chi connectivity index (χ3n) is 2.44. The quantitative estimate of drug-likeness (QED) is 0.907. The molecule has 0 spiro atoms. The zero-order valence-corrected chi connectivity index (χ0v) is 10.6. The number of carboxylic acid groups (broad SMARTS) is 1. The van der Waals surface area contributed by atoms with E-state index in [0.717, 1.165) is 6.07 Å². The first-order valence-electron chi connectivity index (χ1n) is 5.37. The van der Waals surface area contributed by atoms with Gasteiger partial charge in [0, 0.05) is 11.9 Å². The van der Waals surface area contributed by atoms with Gasteiger partial charge >= 0.3 is 5.97 Å². The van der Waals surface area contributed by atoms with Crippen LogP contribution in [0, 0.1) is 17.1 Å². The van der Waals surface area contributed by atoms with E-state index in [1.54, 1.807) is 6.07 Å². The highest BCUT2D eigenvalue weighted by molar-refractivity contribution is 6.33. The van der Waals surface area contributed by atoms with Crippen molar-refractivity contribution in [1.29, 1.82) is 5.26 Å². The molecule has 0 aliphatic heterocycles. The molecule has 1 heterocycles. The first-order chi connectivity index (χ1) is 9.51. The lowest BCUT2D eigenvalue weighted by Crippen LogP contribution is -2.01. The topological polar surface area (TPSA) is 86.0 Å². The largest absolute Gasteiger partial charge is 0.478 e. The fraction of sp³-hybridized carbons (Fsp3) is 0. The zero-order valence-electron chi connectivity index (χ0n) is 9.89. The molecular formula is C13H7ClFN3O2. The maximum absolute atomic E-state index is 13.2. The number of halogens is 2. The highest BCUT2D eigenvalue weighted by Gasteiger charge is 2.11. The number of hydrogen-bond acceptors (Lipinski definition) is 4. The summed E-state index contributed by atoms with van der Waals surface area (Å²) in [7, 11) is 0. The van der Waals surface area contributed by atoms with E-state index in [1.807, 2.05) is 0 Å². The summed E-state index contributed by atoms with van der Waals surface area (Å²) in [6.45, 7) is 0. The molecule has 0 amide bonds. The molecule has 100 valence electrons. The van der Waals surface area contributed by atoms with E-state index in [9.17, 15) is 9.18 Å². The van der Waals surface area contributed by atoms with Crippen LogP contribution in [0.4, 0.5) is 15.9 Å². The molecule has 0 bridgehead atoms. The summed E-state index contributed by atoms with van der Waals surface area (Å²) in [5.74, 6) is -1.59. The summed E-state index contributed by atoms with van der Waals surface area (Å²) in [4.78, 5) is 14.9. The number of hydrogen-bond donors (Lipinski definition) is 2. The number of nitrogens with zero attached hydrogens (tertiary/aromatic N) is 2. The van der Waals surface area contributed by atoms with Crippen molar-refractivity contribution < 1.29 is 14.3 Å². The van der Waals surface area contributed by atoms with Gasteiger partial charge in [-0.1, -0.05) is 11.6 Å². The molecule has 20 heavy (non-hydrogen) atoms. The molecule has 0 unspecified atom stereocenters. The van der Waals surface area contributed by atoms with E-state index in [1.165, 1.54) is 24.4 Å². The number of rotatable bonds is 3. The molecule has 2 N–H and O–H groups in total. The Labute approximate surface area is 118 Å². The standard InChI is InChI=1S/C13H7ClFN3O2/c14-10-6-17-12(4-9(10)13(19)20)18-8-1-2-11(15)7(3-8)5-16/h1-4,6H,(H,17,18)(H,19,20). The fourth-order valence-corrected chi connectivity index (χ4v) is 1.69. The smallest absolute Gasteiger partial charge is 0.337 e. The van der Waals surface area contributed by atoms with E-state index in [2.05, 4.69) is 10.3 Å². The van der Waals surface area contributed by atoms with Crippen molar-refractivity contribution in [2.24, 2.45) is 0 Å². The van der Waals surface area contributed by atoms with E-state index < -0.39 is 11.8 Å². The maximum Gasteiger partial charge on any atom is 0.337 e. The zero-order chi connectivity index (χ0) is 14.7. The number of nitrogens with one attached hydrogen (secondary N) is 1. The highest BCUT2D eigenvalue weighted by Crippen LogP contribution is 2.22. The van der Waals surface area contributed by atoms with E-state index >= 15 is 0 Å². The molecule has 5 nitrogen and oxygen atoms in total. The number of benzene rings is 1. The van der Waals surface area contributed by atoms with Crippen LogP contribution in [0.1, 0.15) is 15.9 Å². The van der Waals surface area contributed by atoms with Crippen LogP contribution in [-0.4, -0.2) is 16.1 Å². The van der Waals surface area contributed by atoms with Crippen LogP contribution in [0.25, 0.3) is 0 Å². The Morgan fingerprint density at radius 1 is 1.45 bits per heavy atom. The molecule has 0 atom stereocenters. The first kappa shape index (κ1) is 13.8. The van der Waals surface area contributed by atoms with Crippen molar-refractivity contribution in [2.75, 3.05) is 5.32 Å². The maximum atomic E-state index is 13.2. The predicted molar refractivity (Wildman–Crippen MR) is 70.6 cm³/mol. The number of aromatic nitrogens is 1. The molecule has 0 aliphatic rings. The number of aromatic carboxylic acids is 1. The summed E-state index contributed by atoms with van der Waals surface area (Å²) in [5, 5.41) is 20.5. The Morgan fingerprint density at radius 3 is 2.85 bits per heavy atom. The van der Waals surface area contributed by atoms with Crippen molar-refractivity contribution in [3.8, 4) is 6.07 Å². The van der Waals surface area contributed by atoms with Crippen molar-refractivity contribution in [2.45, 2.75) is 0 Å². The number of carbonyl (C=O) groups is 1. The minimum Gasteiger partial charge on any atom is -0.478 e. The lowest BCUT2D eigenvalue weighted by atomic mass is 10.2. The molecule has 7 heteroatoms. The molecule has 0 saturated heterocycles. The number of carboxylic acids is 1. The van der Waals surface area contributed by atoms with Crippen LogP contribution in [-0.2, 0) is 0 Å². The Balaban J connectivity index is 2.33. The predicted octanol–water partition coefficient (Wildman–Crippen LogP) is 3.19. The lowest BCUT2D eigenvalue weighted by molar-refractivity contribution is 0.0697. The molecule has 0 fully saturated rings. The molecule has 1 aromatic heterocycles. The minimum absolute atomic E-state index is 0.0138. The Bertz CT molecular complexity index is 728. The van der Waals surface area contributed by atoms with Gasteiger partial charge in [0.2, 0.25) is 0 Å². The van der Waals surface area contributed by atoms with Gasteiger partial charge in [0.25, 0.3) is 0 Å². The van der Waals surface area contributed by atoms with Gasteiger partial charge in [0.05, 0.1) is 16.1 Å². The third kappa shape index (κ3) is 2.84. The molecule has 1 aromatic carbocycles. The Morgan fingerprint density at radius 2 is 2.20 bits per heavy atom. The molecular weight excluding hydrogens is 285 g/mol. The summed E-state index contributed by atoms with van der Waals surface area (Å²) in [5.41, 5.74) is 0.184. The van der Waals surface area contributed by atoms with Crippen LogP contribution >= 0.6 is 11.6 Å². The normalized spacial score (nSPS) is 9.85. The molecule has 0 saturated carbocycles. The molecule has 2 rings (SSSR count). The van der Waals surface area contributed by atoms with Gasteiger partial charge < -0.3 is 10.4 Å². The van der Waals surface area contributed by atoms with Gasteiger partial charge in [-0.25, -0.2) is 14.2 Å². The highest BCUT2D eigenvalue weighted by atomic mass is 35.5. The van der Waals surface area contributed by atoms with Crippen molar-refractivity contribution in [1.82, 2.24) is 4.98 Å². The summed E-state index contributed by atoms with van der Waals surface area (Å²) >= 11 is 5.70. The SMILES string of the molecule is N#Cc1cc(Nc2cc(C(=O)O)c(Cl)cn2)ccc1F. The van der Waals surface area contributed by atoms with Crippen LogP contribution in [0.2, 0.25) is 5.02 Å². The van der Waals surface area contributed by atoms with Gasteiger partial charge in [0.1, 0.15) is 17.7 Å². The fourth-order valence-electron chi connectivity index (χ4n) is 1.51. The van der Waals surface area contributed by atoms with Gasteiger partial charge in [-0.2, -0.15) is 5.26 Å². The Hall–Kier alpha value is -2.65. The molecule has 0 aliphatic carbocycles. The van der Waals surface area contributed by atoms with Crippen LogP contribution in [0.15, 0.2) is 30.5 Å². The third-order valence-corrected chi connectivity index (χ3v) is 2.75. The van der Waals surface area contributed by atoms with Gasteiger partial charge in [-0.3, -0.25) is 0 Å². The first-order valence-corrected chi connectivity index (χ1v) is 5.74. The lowest BCUT2D eigenvalue weighted by Gasteiger charge is -2.07. The van der Waals surface area contributed by atoms with Gasteiger partial charge in [0.15, 0.2) is 0 Å². The van der Waals surface area contributed by atoms with Crippen LogP contribution in [0.5, 0.6) is 0 Å².